The fourth-order valence-electron chi connectivity index (χ4n) is 2.79. The highest BCUT2D eigenvalue weighted by Crippen LogP contribution is 2.09. The van der Waals surface area contributed by atoms with Gasteiger partial charge in [0.15, 0.2) is 5.76 Å². The van der Waals surface area contributed by atoms with Gasteiger partial charge in [0.25, 0.3) is 11.8 Å². The normalized spacial score (nSPS) is 15.2. The van der Waals surface area contributed by atoms with E-state index in [1.807, 2.05) is 0 Å². The van der Waals surface area contributed by atoms with Crippen LogP contribution in [0.1, 0.15) is 20.9 Å². The molecule has 7 heteroatoms. The Morgan fingerprint density at radius 1 is 1.12 bits per heavy atom. The van der Waals surface area contributed by atoms with Gasteiger partial charge in [-0.1, -0.05) is 6.07 Å². The number of nitrogens with zero attached hydrogens (tertiary/aromatic N) is 2. The van der Waals surface area contributed by atoms with Gasteiger partial charge in [-0.05, 0) is 30.3 Å². The molecule has 3 rings (SSSR count). The van der Waals surface area contributed by atoms with Crippen LogP contribution in [0.25, 0.3) is 0 Å². The summed E-state index contributed by atoms with van der Waals surface area (Å²) in [7, 11) is 0. The molecule has 1 aliphatic rings. The van der Waals surface area contributed by atoms with Crippen LogP contribution in [0.3, 0.4) is 0 Å². The van der Waals surface area contributed by atoms with Crippen molar-refractivity contribution in [3.05, 3.63) is 59.8 Å². The Kier molecular flexibility index (Phi) is 5.45. The Morgan fingerprint density at radius 2 is 1.92 bits per heavy atom. The number of amides is 2. The van der Waals surface area contributed by atoms with Crippen molar-refractivity contribution in [3.8, 4) is 0 Å². The van der Waals surface area contributed by atoms with Crippen molar-refractivity contribution in [1.29, 1.82) is 0 Å². The number of carbonyl (C=O) groups excluding carboxylic acids is 2. The predicted molar refractivity (Wildman–Crippen MR) is 89.8 cm³/mol. The maximum atomic E-state index is 13.1. The van der Waals surface area contributed by atoms with Crippen molar-refractivity contribution >= 4 is 11.8 Å². The van der Waals surface area contributed by atoms with Crippen LogP contribution in [0.5, 0.6) is 0 Å². The number of benzene rings is 1. The smallest absolute Gasteiger partial charge is 0.289 e. The Bertz CT molecular complexity index is 725. The van der Waals surface area contributed by atoms with E-state index >= 15 is 0 Å². The average molecular weight is 345 g/mol. The molecule has 0 radical (unpaired) electrons. The van der Waals surface area contributed by atoms with Crippen molar-refractivity contribution in [2.45, 2.75) is 0 Å². The summed E-state index contributed by atoms with van der Waals surface area (Å²) in [6.07, 6.45) is 1.49. The maximum absolute atomic E-state index is 13.1. The highest BCUT2D eigenvalue weighted by molar-refractivity contribution is 5.94. The van der Waals surface area contributed by atoms with Crippen molar-refractivity contribution in [1.82, 2.24) is 15.1 Å². The zero-order valence-corrected chi connectivity index (χ0v) is 13.8. The summed E-state index contributed by atoms with van der Waals surface area (Å²) in [4.78, 5) is 28.1. The van der Waals surface area contributed by atoms with Crippen LogP contribution in [-0.2, 0) is 0 Å². The Labute approximate surface area is 145 Å². The van der Waals surface area contributed by atoms with Gasteiger partial charge in [0.1, 0.15) is 5.82 Å². The first-order valence-electron chi connectivity index (χ1n) is 8.22. The molecule has 0 spiro atoms. The van der Waals surface area contributed by atoms with E-state index in [1.54, 1.807) is 23.1 Å². The van der Waals surface area contributed by atoms with Gasteiger partial charge >= 0.3 is 0 Å². The lowest BCUT2D eigenvalue weighted by atomic mass is 10.2. The van der Waals surface area contributed by atoms with E-state index in [0.29, 0.717) is 37.5 Å². The molecular weight excluding hydrogens is 325 g/mol. The van der Waals surface area contributed by atoms with Crippen molar-refractivity contribution in [2.24, 2.45) is 0 Å². The molecule has 2 aromatic rings. The van der Waals surface area contributed by atoms with Gasteiger partial charge < -0.3 is 14.6 Å². The first kappa shape index (κ1) is 17.2. The van der Waals surface area contributed by atoms with Crippen LogP contribution < -0.4 is 5.32 Å². The molecule has 0 saturated carbocycles. The van der Waals surface area contributed by atoms with Gasteiger partial charge in [0.05, 0.1) is 6.26 Å². The number of carbonyl (C=O) groups is 2. The predicted octanol–water partition coefficient (Wildman–Crippen LogP) is 1.61. The second-order valence-electron chi connectivity index (χ2n) is 5.88. The van der Waals surface area contributed by atoms with E-state index < -0.39 is 5.82 Å². The molecule has 1 aliphatic heterocycles. The van der Waals surface area contributed by atoms with E-state index in [1.165, 1.54) is 24.5 Å². The number of hydrogen-bond acceptors (Lipinski definition) is 4. The summed E-state index contributed by atoms with van der Waals surface area (Å²) >= 11 is 0. The topological polar surface area (TPSA) is 65.8 Å². The average Bonchev–Trinajstić information content (AvgIpc) is 3.16. The lowest BCUT2D eigenvalue weighted by molar-refractivity contribution is 0.0607. The number of piperazine rings is 1. The largest absolute Gasteiger partial charge is 0.459 e. The third-order valence-corrected chi connectivity index (χ3v) is 4.19. The first-order valence-corrected chi connectivity index (χ1v) is 8.22. The summed E-state index contributed by atoms with van der Waals surface area (Å²) in [6.45, 7) is 3.88. The zero-order chi connectivity index (χ0) is 17.6. The van der Waals surface area contributed by atoms with Crippen molar-refractivity contribution < 1.29 is 18.4 Å². The molecule has 0 unspecified atom stereocenters. The maximum Gasteiger partial charge on any atom is 0.289 e. The first-order chi connectivity index (χ1) is 12.1. The van der Waals surface area contributed by atoms with E-state index in [9.17, 15) is 14.0 Å². The van der Waals surface area contributed by atoms with E-state index in [4.69, 9.17) is 4.42 Å². The highest BCUT2D eigenvalue weighted by Gasteiger charge is 2.23. The van der Waals surface area contributed by atoms with Gasteiger partial charge in [0, 0.05) is 44.8 Å². The standard InChI is InChI=1S/C18H20FN3O3/c19-15-4-1-3-14(13-15)17(23)20-6-7-21-8-10-22(11-9-21)18(24)16-5-2-12-25-16/h1-5,12-13H,6-11H2,(H,20,23). The molecule has 1 aromatic carbocycles. The Hall–Kier alpha value is -2.67. The Balaban J connectivity index is 1.39. The van der Waals surface area contributed by atoms with Crippen LogP contribution in [0.15, 0.2) is 47.1 Å². The van der Waals surface area contributed by atoms with E-state index in [0.717, 1.165) is 13.1 Å². The van der Waals surface area contributed by atoms with Crippen LogP contribution in [0.4, 0.5) is 4.39 Å². The SMILES string of the molecule is O=C(NCCN1CCN(C(=O)c2ccco2)CC1)c1cccc(F)c1. The summed E-state index contributed by atoms with van der Waals surface area (Å²) in [5, 5.41) is 2.79. The minimum Gasteiger partial charge on any atom is -0.459 e. The molecule has 1 aromatic heterocycles. The summed E-state index contributed by atoms with van der Waals surface area (Å²) in [5.41, 5.74) is 0.314. The van der Waals surface area contributed by atoms with Crippen LogP contribution >= 0.6 is 0 Å². The molecule has 0 aliphatic carbocycles. The fourth-order valence-corrected chi connectivity index (χ4v) is 2.79. The highest BCUT2D eigenvalue weighted by atomic mass is 19.1. The fraction of sp³-hybridized carbons (Fsp3) is 0.333. The second-order valence-corrected chi connectivity index (χ2v) is 5.88. The van der Waals surface area contributed by atoms with Gasteiger partial charge in [-0.25, -0.2) is 4.39 Å². The molecule has 2 amide bonds. The lowest BCUT2D eigenvalue weighted by Crippen LogP contribution is -2.50. The van der Waals surface area contributed by atoms with Gasteiger partial charge in [-0.3, -0.25) is 14.5 Å². The number of rotatable bonds is 5. The Morgan fingerprint density at radius 3 is 2.60 bits per heavy atom. The number of halogens is 1. The molecule has 0 bridgehead atoms. The summed E-state index contributed by atoms with van der Waals surface area (Å²) < 4.78 is 18.3. The van der Waals surface area contributed by atoms with Gasteiger partial charge in [-0.2, -0.15) is 0 Å². The molecule has 1 N–H and O–H groups in total. The summed E-state index contributed by atoms with van der Waals surface area (Å²) in [5.74, 6) is -0.448. The molecule has 2 heterocycles. The molecule has 0 atom stereocenters. The molecule has 6 nitrogen and oxygen atoms in total. The monoisotopic (exact) mass is 345 g/mol. The lowest BCUT2D eigenvalue weighted by Gasteiger charge is -2.34. The molecule has 132 valence electrons. The quantitative estimate of drug-likeness (QED) is 0.894. The van der Waals surface area contributed by atoms with Gasteiger partial charge in [-0.15, -0.1) is 0 Å². The number of furan rings is 1. The second kappa shape index (κ2) is 7.94. The van der Waals surface area contributed by atoms with Crippen molar-refractivity contribution in [3.63, 3.8) is 0 Å². The van der Waals surface area contributed by atoms with Crippen LogP contribution in [0, 0.1) is 5.82 Å². The van der Waals surface area contributed by atoms with Gasteiger partial charge in [0.2, 0.25) is 0 Å². The third kappa shape index (κ3) is 4.45. The molecule has 1 saturated heterocycles. The number of hydrogen-bond donors (Lipinski definition) is 1. The molecule has 1 fully saturated rings. The minimum absolute atomic E-state index is 0.0935. The van der Waals surface area contributed by atoms with E-state index in [2.05, 4.69) is 10.2 Å². The summed E-state index contributed by atoms with van der Waals surface area (Å²) in [6, 6.07) is 8.98. The van der Waals surface area contributed by atoms with Crippen molar-refractivity contribution in [2.75, 3.05) is 39.3 Å². The molecule has 25 heavy (non-hydrogen) atoms. The van der Waals surface area contributed by atoms with E-state index in [-0.39, 0.29) is 11.8 Å². The number of nitrogens with one attached hydrogen (secondary N) is 1. The van der Waals surface area contributed by atoms with Crippen LogP contribution in [-0.4, -0.2) is 60.9 Å². The minimum atomic E-state index is -0.426. The zero-order valence-electron chi connectivity index (χ0n) is 13.8. The van der Waals surface area contributed by atoms with Crippen LogP contribution in [0.2, 0.25) is 0 Å². The third-order valence-electron chi connectivity index (χ3n) is 4.19. The molecular formula is C18H20FN3O3.